The fourth-order valence-corrected chi connectivity index (χ4v) is 2.80. The second-order valence-electron chi connectivity index (χ2n) is 5.28. The van der Waals surface area contributed by atoms with Crippen molar-refractivity contribution >= 4 is 28.0 Å². The van der Waals surface area contributed by atoms with E-state index in [0.29, 0.717) is 0 Å². The Kier molecular flexibility index (Phi) is 7.29. The summed E-state index contributed by atoms with van der Waals surface area (Å²) in [4.78, 5) is 33.7. The second kappa shape index (κ2) is 8.56. The number of aliphatic hydroxyl groups is 1. The van der Waals surface area contributed by atoms with Crippen LogP contribution in [0.2, 0.25) is 0 Å². The quantitative estimate of drug-likeness (QED) is 0.323. The average Bonchev–Trinajstić information content (AvgIpc) is 2.41. The number of ether oxygens (including phenoxy) is 4. The Morgan fingerprint density at radius 3 is 1.92 bits per heavy atom. The highest BCUT2D eigenvalue weighted by molar-refractivity contribution is 7.86. The highest BCUT2D eigenvalue weighted by Crippen LogP contribution is 2.28. The first kappa shape index (κ1) is 21.3. The Labute approximate surface area is 144 Å². The van der Waals surface area contributed by atoms with E-state index in [4.69, 9.17) is 23.1 Å². The summed E-state index contributed by atoms with van der Waals surface area (Å²) in [6.45, 7) is 2.78. The van der Waals surface area contributed by atoms with Crippen LogP contribution < -0.4 is 0 Å². The predicted octanol–water partition coefficient (Wildman–Crippen LogP) is -1.53. The maximum atomic E-state index is 11.4. The van der Waals surface area contributed by atoms with Gasteiger partial charge in [-0.25, -0.2) is 0 Å². The van der Waals surface area contributed by atoms with Gasteiger partial charge in [0.2, 0.25) is 0 Å². The molecular formula is C13H20O11S. The van der Waals surface area contributed by atoms with Gasteiger partial charge in [0.05, 0.1) is 6.26 Å². The van der Waals surface area contributed by atoms with Crippen LogP contribution in [0.4, 0.5) is 0 Å². The molecule has 25 heavy (non-hydrogen) atoms. The monoisotopic (exact) mass is 384 g/mol. The molecule has 0 amide bonds. The molecule has 1 N–H and O–H groups in total. The minimum Gasteiger partial charge on any atom is -0.463 e. The van der Waals surface area contributed by atoms with Gasteiger partial charge in [-0.3, -0.25) is 18.6 Å². The van der Waals surface area contributed by atoms with Gasteiger partial charge in [-0.1, -0.05) is 0 Å². The van der Waals surface area contributed by atoms with E-state index >= 15 is 0 Å². The molecule has 0 unspecified atom stereocenters. The Morgan fingerprint density at radius 2 is 1.48 bits per heavy atom. The first-order valence-electron chi connectivity index (χ1n) is 7.10. The first-order chi connectivity index (χ1) is 11.4. The van der Waals surface area contributed by atoms with Crippen LogP contribution in [0.15, 0.2) is 0 Å². The summed E-state index contributed by atoms with van der Waals surface area (Å²) >= 11 is 0. The van der Waals surface area contributed by atoms with Crippen LogP contribution in [0.5, 0.6) is 0 Å². The molecule has 11 nitrogen and oxygen atoms in total. The molecule has 1 heterocycles. The van der Waals surface area contributed by atoms with Crippen LogP contribution in [-0.2, 0) is 47.6 Å². The maximum Gasteiger partial charge on any atom is 0.303 e. The molecule has 12 heteroatoms. The number of esters is 3. The van der Waals surface area contributed by atoms with E-state index in [0.717, 1.165) is 27.0 Å². The smallest absolute Gasteiger partial charge is 0.303 e. The lowest BCUT2D eigenvalue weighted by Crippen LogP contribution is -2.62. The van der Waals surface area contributed by atoms with Crippen LogP contribution in [0.3, 0.4) is 0 Å². The van der Waals surface area contributed by atoms with Gasteiger partial charge in [-0.15, -0.1) is 0 Å². The largest absolute Gasteiger partial charge is 0.463 e. The summed E-state index contributed by atoms with van der Waals surface area (Å²) in [5.74, 6) is -2.31. The van der Waals surface area contributed by atoms with Crippen molar-refractivity contribution < 1.29 is 51.0 Å². The molecule has 0 bridgehead atoms. The molecule has 144 valence electrons. The van der Waals surface area contributed by atoms with Crippen molar-refractivity contribution in [1.29, 1.82) is 0 Å². The van der Waals surface area contributed by atoms with Crippen molar-refractivity contribution in [2.45, 2.75) is 51.5 Å². The van der Waals surface area contributed by atoms with Crippen molar-refractivity contribution in [1.82, 2.24) is 0 Å². The maximum absolute atomic E-state index is 11.4. The lowest BCUT2D eigenvalue weighted by Gasteiger charge is -2.42. The second-order valence-corrected chi connectivity index (χ2v) is 6.88. The molecule has 5 atom stereocenters. The molecule has 0 aromatic heterocycles. The van der Waals surface area contributed by atoms with E-state index < -0.39 is 65.3 Å². The molecule has 1 fully saturated rings. The van der Waals surface area contributed by atoms with E-state index in [1.54, 1.807) is 0 Å². The van der Waals surface area contributed by atoms with Crippen molar-refractivity contribution in [3.05, 3.63) is 0 Å². The SMILES string of the molecule is CC(=O)OC[C@H]1O[C@H](O)[C@@H](OS(C)(=O)=O)[C@H](OC(C)=O)[C@@H]1OC(C)=O. The van der Waals surface area contributed by atoms with Crippen molar-refractivity contribution in [3.8, 4) is 0 Å². The van der Waals surface area contributed by atoms with Gasteiger partial charge in [0.1, 0.15) is 12.7 Å². The normalized spacial score (nSPS) is 29.6. The number of rotatable bonds is 6. The Morgan fingerprint density at radius 1 is 0.960 bits per heavy atom. The van der Waals surface area contributed by atoms with Gasteiger partial charge in [-0.2, -0.15) is 8.42 Å². The minimum atomic E-state index is -4.08. The lowest BCUT2D eigenvalue weighted by molar-refractivity contribution is -0.287. The molecule has 0 saturated carbocycles. The fourth-order valence-electron chi connectivity index (χ4n) is 2.19. The summed E-state index contributed by atoms with van der Waals surface area (Å²) in [5, 5.41) is 10.0. The third-order valence-electron chi connectivity index (χ3n) is 2.95. The molecule has 1 saturated heterocycles. The predicted molar refractivity (Wildman–Crippen MR) is 78.3 cm³/mol. The summed E-state index contributed by atoms with van der Waals surface area (Å²) in [6, 6.07) is 0. The van der Waals surface area contributed by atoms with Crippen molar-refractivity contribution in [3.63, 3.8) is 0 Å². The molecular weight excluding hydrogens is 364 g/mol. The van der Waals surface area contributed by atoms with Gasteiger partial charge < -0.3 is 24.1 Å². The highest BCUT2D eigenvalue weighted by Gasteiger charge is 2.51. The average molecular weight is 384 g/mol. The third-order valence-corrected chi connectivity index (χ3v) is 3.52. The third kappa shape index (κ3) is 6.94. The zero-order valence-electron chi connectivity index (χ0n) is 14.0. The van der Waals surface area contributed by atoms with Crippen LogP contribution in [0.1, 0.15) is 20.8 Å². The summed E-state index contributed by atoms with van der Waals surface area (Å²) < 4.78 is 47.4. The number of carbonyl (C=O) groups excluding carboxylic acids is 3. The standard InChI is InChI=1S/C13H20O11S/c1-6(14)20-5-9-10(21-7(2)15)11(22-8(3)16)12(13(17)23-9)24-25(4,18)19/h9-13,17H,5H2,1-4H3/t9-,10-,11-,12+,13+/m1/s1. The lowest BCUT2D eigenvalue weighted by atomic mass is 9.98. The number of hydrogen-bond donors (Lipinski definition) is 1. The van der Waals surface area contributed by atoms with E-state index in [1.165, 1.54) is 0 Å². The molecule has 1 aliphatic heterocycles. The van der Waals surface area contributed by atoms with E-state index in [2.05, 4.69) is 0 Å². The van der Waals surface area contributed by atoms with Crippen LogP contribution in [-0.4, -0.2) is 75.0 Å². The summed E-state index contributed by atoms with van der Waals surface area (Å²) in [7, 11) is -4.08. The van der Waals surface area contributed by atoms with Gasteiger partial charge >= 0.3 is 17.9 Å². The summed E-state index contributed by atoms with van der Waals surface area (Å²) in [6.07, 6.45) is -6.93. The Bertz CT molecular complexity index is 613. The van der Waals surface area contributed by atoms with Gasteiger partial charge in [-0.05, 0) is 0 Å². The highest BCUT2D eigenvalue weighted by atomic mass is 32.2. The van der Waals surface area contributed by atoms with Gasteiger partial charge in [0, 0.05) is 20.8 Å². The first-order valence-corrected chi connectivity index (χ1v) is 8.92. The van der Waals surface area contributed by atoms with Crippen LogP contribution in [0, 0.1) is 0 Å². The Balaban J connectivity index is 3.18. The topological polar surface area (TPSA) is 152 Å². The molecule has 1 rings (SSSR count). The molecule has 0 spiro atoms. The van der Waals surface area contributed by atoms with E-state index in [-0.39, 0.29) is 0 Å². The molecule has 1 aliphatic rings. The van der Waals surface area contributed by atoms with Crippen molar-refractivity contribution in [2.75, 3.05) is 12.9 Å². The fraction of sp³-hybridized carbons (Fsp3) is 0.769. The molecule has 0 aromatic carbocycles. The van der Waals surface area contributed by atoms with E-state index in [9.17, 15) is 27.9 Å². The van der Waals surface area contributed by atoms with E-state index in [1.807, 2.05) is 0 Å². The van der Waals surface area contributed by atoms with Crippen LogP contribution >= 0.6 is 0 Å². The van der Waals surface area contributed by atoms with Gasteiger partial charge in [0.25, 0.3) is 10.1 Å². The summed E-state index contributed by atoms with van der Waals surface area (Å²) in [5.41, 5.74) is 0. The molecule has 0 aromatic rings. The Hall–Kier alpha value is -1.76. The van der Waals surface area contributed by atoms with Crippen molar-refractivity contribution in [2.24, 2.45) is 0 Å². The number of hydrogen-bond acceptors (Lipinski definition) is 11. The number of aliphatic hydroxyl groups excluding tert-OH is 1. The zero-order valence-corrected chi connectivity index (χ0v) is 14.8. The van der Waals surface area contributed by atoms with Gasteiger partial charge in [0.15, 0.2) is 24.6 Å². The minimum absolute atomic E-state index is 0.437. The number of carbonyl (C=O) groups is 3. The van der Waals surface area contributed by atoms with Crippen LogP contribution in [0.25, 0.3) is 0 Å². The molecule has 0 radical (unpaired) electrons. The molecule has 0 aliphatic carbocycles. The zero-order chi connectivity index (χ0) is 19.4.